The van der Waals surface area contributed by atoms with Gasteiger partial charge in [-0.25, -0.2) is 22.2 Å². The zero-order valence-electron chi connectivity index (χ0n) is 13.2. The second kappa shape index (κ2) is 7.63. The molecule has 0 aliphatic heterocycles. The topological polar surface area (TPSA) is 55.4 Å². The van der Waals surface area contributed by atoms with Gasteiger partial charge in [0, 0.05) is 24.3 Å². The van der Waals surface area contributed by atoms with Crippen molar-refractivity contribution in [3.05, 3.63) is 46.9 Å². The molecule has 0 spiro atoms. The average Bonchev–Trinajstić information content (AvgIpc) is 2.43. The van der Waals surface area contributed by atoms with E-state index in [1.54, 1.807) is 20.8 Å². The third kappa shape index (κ3) is 5.70. The molecule has 8 heteroatoms. The van der Waals surface area contributed by atoms with E-state index in [1.807, 2.05) is 0 Å². The van der Waals surface area contributed by atoms with Crippen molar-refractivity contribution in [3.8, 4) is 0 Å². The summed E-state index contributed by atoms with van der Waals surface area (Å²) in [5, 5.41) is 0. The molecular weight excluding hydrogens is 331 g/mol. The number of halogens is 3. The predicted octanol–water partition coefficient (Wildman–Crippen LogP) is 2.76. The summed E-state index contributed by atoms with van der Waals surface area (Å²) in [5.41, 5.74) is -0.118. The van der Waals surface area contributed by atoms with Crippen molar-refractivity contribution in [2.24, 2.45) is 0 Å². The first-order valence-electron chi connectivity index (χ1n) is 6.65. The van der Waals surface area contributed by atoms with Crippen molar-refractivity contribution in [1.82, 2.24) is 4.72 Å². The van der Waals surface area contributed by atoms with E-state index in [0.29, 0.717) is 12.1 Å². The number of esters is 1. The highest BCUT2D eigenvalue weighted by molar-refractivity contribution is 7.84. The minimum absolute atomic E-state index is 0.0648. The molecule has 0 bridgehead atoms. The Morgan fingerprint density at radius 2 is 1.78 bits per heavy atom. The van der Waals surface area contributed by atoms with Gasteiger partial charge < -0.3 is 9.46 Å². The number of ether oxygens (including phenoxy) is 1. The van der Waals surface area contributed by atoms with Crippen molar-refractivity contribution < 1.29 is 26.9 Å². The molecule has 0 aromatic heterocycles. The molecule has 1 atom stereocenters. The summed E-state index contributed by atoms with van der Waals surface area (Å²) in [4.78, 5) is 11.4. The second-order valence-corrected chi connectivity index (χ2v) is 7.68. The van der Waals surface area contributed by atoms with E-state index in [4.69, 9.17) is 0 Å². The van der Waals surface area contributed by atoms with Crippen LogP contribution in [0.2, 0.25) is 0 Å². The van der Waals surface area contributed by atoms with Crippen molar-refractivity contribution in [3.63, 3.8) is 0 Å². The lowest BCUT2D eigenvalue weighted by atomic mass is 10.1. The van der Waals surface area contributed by atoms with Crippen LogP contribution < -0.4 is 4.72 Å². The van der Waals surface area contributed by atoms with Crippen LogP contribution in [0.1, 0.15) is 26.3 Å². The number of rotatable bonds is 5. The molecule has 128 valence electrons. The Kier molecular flexibility index (Phi) is 6.37. The molecule has 4 nitrogen and oxygen atoms in total. The maximum absolute atomic E-state index is 13.7. The van der Waals surface area contributed by atoms with Crippen LogP contribution in [0, 0.1) is 17.5 Å². The summed E-state index contributed by atoms with van der Waals surface area (Å²) in [6.45, 7) is 5.10. The number of allylic oxidation sites excluding steroid dienone is 1. The number of methoxy groups -OCH3 is 1. The lowest BCUT2D eigenvalue weighted by molar-refractivity contribution is -0.134. The zero-order chi connectivity index (χ0) is 17.8. The Balaban J connectivity index is 3.12. The normalized spacial score (nSPS) is 13.6. The van der Waals surface area contributed by atoms with Crippen LogP contribution in [0.4, 0.5) is 13.2 Å². The molecule has 1 aromatic carbocycles. The standard InChI is InChI=1S/C15H18F3NO3S/c1-15(2,3)23(21)19-10(7-14(20)22-4)5-9-6-12(17)13(18)8-11(9)16/h6-8,19H,5H2,1-4H3/b10-7+/t23-/m0/s1. The van der Waals surface area contributed by atoms with Crippen LogP contribution in [0.15, 0.2) is 23.9 Å². The number of nitrogens with one attached hydrogen (secondary N) is 1. The highest BCUT2D eigenvalue weighted by atomic mass is 32.2. The van der Waals surface area contributed by atoms with Gasteiger partial charge in [-0.3, -0.25) is 0 Å². The Bertz CT molecular complexity index is 654. The fourth-order valence-corrected chi connectivity index (χ4v) is 2.17. The van der Waals surface area contributed by atoms with E-state index >= 15 is 0 Å². The van der Waals surface area contributed by atoms with E-state index in [2.05, 4.69) is 9.46 Å². The van der Waals surface area contributed by atoms with Crippen molar-refractivity contribution in [2.45, 2.75) is 31.9 Å². The zero-order valence-corrected chi connectivity index (χ0v) is 14.0. The molecule has 0 amide bonds. The Hall–Kier alpha value is -1.83. The maximum atomic E-state index is 13.7. The molecule has 23 heavy (non-hydrogen) atoms. The summed E-state index contributed by atoms with van der Waals surface area (Å²) in [6.07, 6.45) is 0.713. The van der Waals surface area contributed by atoms with Gasteiger partial charge in [0.05, 0.1) is 11.9 Å². The van der Waals surface area contributed by atoms with Crippen LogP contribution >= 0.6 is 0 Å². The third-order valence-corrected chi connectivity index (χ3v) is 4.30. The summed E-state index contributed by atoms with van der Waals surface area (Å²) in [7, 11) is -0.444. The van der Waals surface area contributed by atoms with Crippen LogP contribution in [-0.4, -0.2) is 22.0 Å². The predicted molar refractivity (Wildman–Crippen MR) is 81.2 cm³/mol. The van der Waals surface area contributed by atoms with Gasteiger partial charge in [-0.2, -0.15) is 0 Å². The van der Waals surface area contributed by atoms with E-state index in [0.717, 1.165) is 13.2 Å². The number of hydrogen-bond donors (Lipinski definition) is 1. The van der Waals surface area contributed by atoms with Gasteiger partial charge in [0.25, 0.3) is 0 Å². The molecule has 0 unspecified atom stereocenters. The molecule has 0 heterocycles. The van der Waals surface area contributed by atoms with Crippen LogP contribution in [0.3, 0.4) is 0 Å². The van der Waals surface area contributed by atoms with Crippen LogP contribution in [0.25, 0.3) is 0 Å². The summed E-state index contributed by atoms with van der Waals surface area (Å²) in [6, 6.07) is 1.11. The quantitative estimate of drug-likeness (QED) is 0.505. The second-order valence-electron chi connectivity index (χ2n) is 5.71. The monoisotopic (exact) mass is 349 g/mol. The van der Waals surface area contributed by atoms with Gasteiger partial charge in [0.1, 0.15) is 16.8 Å². The average molecular weight is 349 g/mol. The molecule has 0 saturated heterocycles. The molecule has 0 fully saturated rings. The van der Waals surface area contributed by atoms with E-state index in [-0.39, 0.29) is 17.7 Å². The fraction of sp³-hybridized carbons (Fsp3) is 0.400. The Morgan fingerprint density at radius 1 is 1.22 bits per heavy atom. The molecular formula is C15H18F3NO3S. The molecule has 0 aliphatic carbocycles. The molecule has 1 rings (SSSR count). The minimum atomic E-state index is -1.59. The number of hydrogen-bond acceptors (Lipinski definition) is 3. The largest absolute Gasteiger partial charge is 0.466 e. The van der Waals surface area contributed by atoms with Crippen LogP contribution in [-0.2, 0) is 26.9 Å². The Labute approximate surface area is 135 Å². The van der Waals surface area contributed by atoms with E-state index in [1.165, 1.54) is 0 Å². The number of benzene rings is 1. The van der Waals surface area contributed by atoms with Crippen LogP contribution in [0.5, 0.6) is 0 Å². The van der Waals surface area contributed by atoms with Gasteiger partial charge in [-0.1, -0.05) is 0 Å². The first-order chi connectivity index (χ1) is 10.5. The van der Waals surface area contributed by atoms with Gasteiger partial charge in [-0.05, 0) is 32.4 Å². The molecule has 1 N–H and O–H groups in total. The minimum Gasteiger partial charge on any atom is -0.466 e. The maximum Gasteiger partial charge on any atom is 0.332 e. The molecule has 0 saturated carbocycles. The molecule has 1 aromatic rings. The van der Waals surface area contributed by atoms with Gasteiger partial charge in [0.15, 0.2) is 11.6 Å². The third-order valence-electron chi connectivity index (χ3n) is 2.74. The lowest BCUT2D eigenvalue weighted by Gasteiger charge is -2.20. The lowest BCUT2D eigenvalue weighted by Crippen LogP contribution is -2.33. The van der Waals surface area contributed by atoms with Gasteiger partial charge >= 0.3 is 5.97 Å². The highest BCUT2D eigenvalue weighted by Gasteiger charge is 2.21. The van der Waals surface area contributed by atoms with Gasteiger partial charge in [0.2, 0.25) is 0 Å². The highest BCUT2D eigenvalue weighted by Crippen LogP contribution is 2.18. The van der Waals surface area contributed by atoms with Gasteiger partial charge in [-0.15, -0.1) is 0 Å². The summed E-state index contributed by atoms with van der Waals surface area (Å²) in [5.74, 6) is -4.24. The summed E-state index contributed by atoms with van der Waals surface area (Å²) >= 11 is 0. The molecule has 0 aliphatic rings. The summed E-state index contributed by atoms with van der Waals surface area (Å²) < 4.78 is 58.5. The van der Waals surface area contributed by atoms with Crippen molar-refractivity contribution in [1.29, 1.82) is 0 Å². The fourth-order valence-electron chi connectivity index (χ4n) is 1.49. The number of carbonyl (C=O) groups excluding carboxylic acids is 1. The SMILES string of the molecule is COC(=O)/C=C(\Cc1cc(F)c(F)cc1F)N[S@@](=O)C(C)(C)C. The first-order valence-corrected chi connectivity index (χ1v) is 7.80. The molecule has 0 radical (unpaired) electrons. The van der Waals surface area contributed by atoms with Crippen molar-refractivity contribution >= 4 is 17.0 Å². The smallest absolute Gasteiger partial charge is 0.332 e. The first kappa shape index (κ1) is 19.2. The number of carbonyl (C=O) groups is 1. The van der Waals surface area contributed by atoms with E-state index < -0.39 is 39.2 Å². The van der Waals surface area contributed by atoms with E-state index in [9.17, 15) is 22.2 Å². The Morgan fingerprint density at radius 3 is 2.30 bits per heavy atom. The van der Waals surface area contributed by atoms with Crippen molar-refractivity contribution in [2.75, 3.05) is 7.11 Å².